The number of sulfonamides is 1. The first kappa shape index (κ1) is 21.3. The Labute approximate surface area is 178 Å². The maximum atomic E-state index is 12.3. The monoisotopic (exact) mass is 442 g/mol. The third-order valence-electron chi connectivity index (χ3n) is 4.09. The normalized spacial score (nSPS) is 10.8. The van der Waals surface area contributed by atoms with Gasteiger partial charge in [-0.1, -0.05) is 0 Å². The van der Waals surface area contributed by atoms with Crippen LogP contribution in [0.15, 0.2) is 52.9 Å². The van der Waals surface area contributed by atoms with E-state index >= 15 is 0 Å². The van der Waals surface area contributed by atoms with E-state index < -0.39 is 15.9 Å². The Morgan fingerprint density at radius 1 is 1.20 bits per heavy atom. The predicted octanol–water partition coefficient (Wildman–Crippen LogP) is 3.45. The molecule has 0 aliphatic carbocycles. The number of ether oxygens (including phenoxy) is 1. The van der Waals surface area contributed by atoms with Crippen LogP contribution < -0.4 is 14.8 Å². The SMILES string of the molecule is Cc1cc(OCC(=O)Nc2ccc(S(=O)(=O)Nc3nccs3)cc2)cc(C)c1C#N. The van der Waals surface area contributed by atoms with E-state index in [1.165, 1.54) is 41.8 Å². The zero-order valence-electron chi connectivity index (χ0n) is 16.2. The number of thiazole rings is 1. The third kappa shape index (κ3) is 5.14. The molecule has 3 aromatic rings. The van der Waals surface area contributed by atoms with Gasteiger partial charge in [-0.25, -0.2) is 13.4 Å². The van der Waals surface area contributed by atoms with E-state index in [0.29, 0.717) is 17.0 Å². The lowest BCUT2D eigenvalue weighted by Gasteiger charge is -2.11. The molecule has 0 fully saturated rings. The molecule has 1 amide bonds. The van der Waals surface area contributed by atoms with E-state index in [-0.39, 0.29) is 16.6 Å². The van der Waals surface area contributed by atoms with E-state index in [9.17, 15) is 13.2 Å². The average molecular weight is 443 g/mol. The van der Waals surface area contributed by atoms with Crippen LogP contribution in [0.2, 0.25) is 0 Å². The lowest BCUT2D eigenvalue weighted by Crippen LogP contribution is -2.20. The fourth-order valence-electron chi connectivity index (χ4n) is 2.69. The predicted molar refractivity (Wildman–Crippen MR) is 114 cm³/mol. The van der Waals surface area contributed by atoms with E-state index in [1.807, 2.05) is 0 Å². The molecule has 154 valence electrons. The van der Waals surface area contributed by atoms with Crippen LogP contribution in [0.5, 0.6) is 5.75 Å². The maximum Gasteiger partial charge on any atom is 0.263 e. The summed E-state index contributed by atoms with van der Waals surface area (Å²) in [6.07, 6.45) is 1.50. The van der Waals surface area contributed by atoms with Crippen molar-refractivity contribution in [3.05, 3.63) is 64.7 Å². The number of benzene rings is 2. The summed E-state index contributed by atoms with van der Waals surface area (Å²) in [5.41, 5.74) is 2.57. The van der Waals surface area contributed by atoms with E-state index in [0.717, 1.165) is 11.1 Å². The number of hydrogen-bond acceptors (Lipinski definition) is 7. The highest BCUT2D eigenvalue weighted by molar-refractivity contribution is 7.93. The fraction of sp³-hybridized carbons (Fsp3) is 0.150. The van der Waals surface area contributed by atoms with Crippen molar-refractivity contribution in [2.24, 2.45) is 0 Å². The molecule has 10 heteroatoms. The number of nitrogens with zero attached hydrogens (tertiary/aromatic N) is 2. The summed E-state index contributed by atoms with van der Waals surface area (Å²) in [4.78, 5) is 16.1. The quantitative estimate of drug-likeness (QED) is 0.578. The molecule has 2 N–H and O–H groups in total. The second kappa shape index (κ2) is 8.94. The molecule has 1 aromatic heterocycles. The fourth-order valence-corrected chi connectivity index (χ4v) is 4.48. The minimum absolute atomic E-state index is 0.0514. The van der Waals surface area contributed by atoms with Crippen molar-refractivity contribution in [2.75, 3.05) is 16.6 Å². The number of aryl methyl sites for hydroxylation is 2. The first-order valence-electron chi connectivity index (χ1n) is 8.75. The molecular formula is C20H18N4O4S2. The molecule has 8 nitrogen and oxygen atoms in total. The summed E-state index contributed by atoms with van der Waals surface area (Å²) in [7, 11) is -3.75. The number of anilines is 2. The highest BCUT2D eigenvalue weighted by atomic mass is 32.2. The summed E-state index contributed by atoms with van der Waals surface area (Å²) in [5.74, 6) is 0.0973. The minimum atomic E-state index is -3.75. The second-order valence-electron chi connectivity index (χ2n) is 6.35. The van der Waals surface area contributed by atoms with Gasteiger partial charge in [-0.2, -0.15) is 5.26 Å². The second-order valence-corrected chi connectivity index (χ2v) is 8.92. The molecule has 1 heterocycles. The summed E-state index contributed by atoms with van der Waals surface area (Å²) in [6.45, 7) is 3.38. The molecule has 0 spiro atoms. The lowest BCUT2D eigenvalue weighted by molar-refractivity contribution is -0.118. The number of carbonyl (C=O) groups is 1. The van der Waals surface area contributed by atoms with Gasteiger partial charge in [0.15, 0.2) is 11.7 Å². The maximum absolute atomic E-state index is 12.3. The number of nitriles is 1. The van der Waals surface area contributed by atoms with Crippen molar-refractivity contribution >= 4 is 38.1 Å². The van der Waals surface area contributed by atoms with Crippen molar-refractivity contribution in [1.29, 1.82) is 5.26 Å². The van der Waals surface area contributed by atoms with E-state index in [2.05, 4.69) is 21.1 Å². The Morgan fingerprint density at radius 2 is 1.87 bits per heavy atom. The van der Waals surface area contributed by atoms with Gasteiger partial charge in [0, 0.05) is 17.3 Å². The van der Waals surface area contributed by atoms with Crippen molar-refractivity contribution in [3.63, 3.8) is 0 Å². The number of nitrogens with one attached hydrogen (secondary N) is 2. The molecule has 3 rings (SSSR count). The first-order chi connectivity index (χ1) is 14.3. The van der Waals surface area contributed by atoms with Gasteiger partial charge in [0.25, 0.3) is 15.9 Å². The first-order valence-corrected chi connectivity index (χ1v) is 11.1. The summed E-state index contributed by atoms with van der Waals surface area (Å²) in [6, 6.07) is 11.3. The summed E-state index contributed by atoms with van der Waals surface area (Å²) >= 11 is 1.18. The molecule has 2 aromatic carbocycles. The summed E-state index contributed by atoms with van der Waals surface area (Å²) in [5, 5.41) is 13.7. The topological polar surface area (TPSA) is 121 Å². The molecule has 0 atom stereocenters. The van der Waals surface area contributed by atoms with E-state index in [1.54, 1.807) is 31.4 Å². The molecule has 0 aliphatic heterocycles. The Kier molecular flexibility index (Phi) is 6.34. The van der Waals surface area contributed by atoms with Gasteiger partial charge in [0.05, 0.1) is 16.5 Å². The zero-order valence-corrected chi connectivity index (χ0v) is 17.8. The third-order valence-corrected chi connectivity index (χ3v) is 6.26. The highest BCUT2D eigenvalue weighted by Crippen LogP contribution is 2.22. The Morgan fingerprint density at radius 3 is 2.43 bits per heavy atom. The molecule has 0 saturated heterocycles. The molecule has 0 saturated carbocycles. The number of amides is 1. The molecule has 0 radical (unpaired) electrons. The van der Waals surface area contributed by atoms with Gasteiger partial charge < -0.3 is 10.1 Å². The van der Waals surface area contributed by atoms with Gasteiger partial charge in [-0.15, -0.1) is 11.3 Å². The molecular weight excluding hydrogens is 424 g/mol. The lowest BCUT2D eigenvalue weighted by atomic mass is 10.0. The van der Waals surface area contributed by atoms with Crippen LogP contribution in [-0.2, 0) is 14.8 Å². The molecule has 0 aliphatic rings. The minimum Gasteiger partial charge on any atom is -0.484 e. The van der Waals surface area contributed by atoms with Crippen LogP contribution in [0, 0.1) is 25.2 Å². The summed E-state index contributed by atoms with van der Waals surface area (Å²) < 4.78 is 32.5. The molecule has 0 unspecified atom stereocenters. The average Bonchev–Trinajstić information content (AvgIpc) is 3.19. The molecule has 30 heavy (non-hydrogen) atoms. The number of aromatic nitrogens is 1. The van der Waals surface area contributed by atoms with Crippen LogP contribution >= 0.6 is 11.3 Å². The van der Waals surface area contributed by atoms with Crippen LogP contribution in [0.4, 0.5) is 10.8 Å². The van der Waals surface area contributed by atoms with Gasteiger partial charge in [0.1, 0.15) is 5.75 Å². The Balaban J connectivity index is 1.59. The van der Waals surface area contributed by atoms with Gasteiger partial charge >= 0.3 is 0 Å². The number of rotatable bonds is 7. The number of carbonyl (C=O) groups excluding carboxylic acids is 1. The van der Waals surface area contributed by atoms with Crippen LogP contribution in [0.1, 0.15) is 16.7 Å². The standard InChI is InChI=1S/C20H18N4O4S2/c1-13-9-16(10-14(2)18(13)11-21)28-12-19(25)23-15-3-5-17(6-4-15)30(26,27)24-20-22-7-8-29-20/h3-10H,12H2,1-2H3,(H,22,24)(H,23,25). The van der Waals surface area contributed by atoms with E-state index in [4.69, 9.17) is 10.00 Å². The van der Waals surface area contributed by atoms with Crippen molar-refractivity contribution in [1.82, 2.24) is 4.98 Å². The van der Waals surface area contributed by atoms with Crippen LogP contribution in [0.3, 0.4) is 0 Å². The van der Waals surface area contributed by atoms with Gasteiger partial charge in [0.2, 0.25) is 0 Å². The van der Waals surface area contributed by atoms with Crippen molar-refractivity contribution in [2.45, 2.75) is 18.7 Å². The van der Waals surface area contributed by atoms with Crippen LogP contribution in [0.25, 0.3) is 0 Å². The highest BCUT2D eigenvalue weighted by Gasteiger charge is 2.15. The number of hydrogen-bond donors (Lipinski definition) is 2. The van der Waals surface area contributed by atoms with Crippen molar-refractivity contribution in [3.8, 4) is 11.8 Å². The Bertz CT molecular complexity index is 1180. The van der Waals surface area contributed by atoms with Crippen LogP contribution in [-0.4, -0.2) is 25.9 Å². The molecule has 0 bridgehead atoms. The zero-order chi connectivity index (χ0) is 21.7. The van der Waals surface area contributed by atoms with Gasteiger partial charge in [-0.3, -0.25) is 9.52 Å². The smallest absolute Gasteiger partial charge is 0.263 e. The largest absolute Gasteiger partial charge is 0.484 e. The Hall–Kier alpha value is -3.42. The van der Waals surface area contributed by atoms with Gasteiger partial charge in [-0.05, 0) is 61.4 Å². The van der Waals surface area contributed by atoms with Crippen molar-refractivity contribution < 1.29 is 17.9 Å².